The highest BCUT2D eigenvalue weighted by Crippen LogP contribution is 2.38. The van der Waals surface area contributed by atoms with Crippen molar-refractivity contribution in [3.63, 3.8) is 0 Å². The van der Waals surface area contributed by atoms with Gasteiger partial charge in [-0.3, -0.25) is 0 Å². The third kappa shape index (κ3) is 2.01. The largest absolute Gasteiger partial charge is 0.361 e. The number of benzene rings is 1. The quantitative estimate of drug-likeness (QED) is 0.858. The predicted octanol–water partition coefficient (Wildman–Crippen LogP) is 3.40. The lowest BCUT2D eigenvalue weighted by atomic mass is 9.99. The summed E-state index contributed by atoms with van der Waals surface area (Å²) in [5.41, 5.74) is 0.887. The molecule has 0 aliphatic carbocycles. The summed E-state index contributed by atoms with van der Waals surface area (Å²) >= 11 is 0. The molecule has 1 atom stereocenters. The number of aromatic nitrogens is 1. The molecule has 18 heavy (non-hydrogen) atoms. The monoisotopic (exact) mass is 250 g/mol. The van der Waals surface area contributed by atoms with Crippen molar-refractivity contribution in [3.05, 3.63) is 36.0 Å². The maximum absolute atomic E-state index is 14.3. The summed E-state index contributed by atoms with van der Waals surface area (Å²) in [5.74, 6) is -2.78. The molecule has 1 saturated heterocycles. The fourth-order valence-corrected chi connectivity index (χ4v) is 2.72. The van der Waals surface area contributed by atoms with E-state index in [2.05, 4.69) is 10.3 Å². The van der Waals surface area contributed by atoms with Gasteiger partial charge in [0.05, 0.1) is 0 Å². The Kier molecular flexibility index (Phi) is 2.82. The number of alkyl halides is 2. The standard InChI is InChI=1S/C14H16F2N2/c15-14(16,8-10-4-3-7-17-10)12-9-18-13-6-2-1-5-11(12)13/h1-2,5-6,9-10,17-18H,3-4,7-8H2. The number of rotatable bonds is 3. The van der Waals surface area contributed by atoms with Gasteiger partial charge in [0.25, 0.3) is 5.92 Å². The van der Waals surface area contributed by atoms with Gasteiger partial charge in [0, 0.05) is 35.1 Å². The smallest absolute Gasteiger partial charge is 0.276 e. The molecule has 1 aromatic heterocycles. The van der Waals surface area contributed by atoms with Crippen molar-refractivity contribution in [2.24, 2.45) is 0 Å². The van der Waals surface area contributed by atoms with Gasteiger partial charge in [-0.15, -0.1) is 0 Å². The van der Waals surface area contributed by atoms with Gasteiger partial charge in [-0.2, -0.15) is 0 Å². The van der Waals surface area contributed by atoms with Crippen molar-refractivity contribution in [1.29, 1.82) is 0 Å². The highest BCUT2D eigenvalue weighted by molar-refractivity contribution is 5.83. The van der Waals surface area contributed by atoms with Crippen LogP contribution < -0.4 is 5.32 Å². The molecule has 3 rings (SSSR count). The van der Waals surface area contributed by atoms with E-state index in [0.29, 0.717) is 5.39 Å². The molecule has 2 aromatic rings. The van der Waals surface area contributed by atoms with Crippen molar-refractivity contribution in [2.45, 2.75) is 31.2 Å². The zero-order valence-electron chi connectivity index (χ0n) is 10.0. The highest BCUT2D eigenvalue weighted by atomic mass is 19.3. The normalized spacial score (nSPS) is 20.7. The first kappa shape index (κ1) is 11.7. The predicted molar refractivity (Wildman–Crippen MR) is 67.8 cm³/mol. The van der Waals surface area contributed by atoms with Crippen LogP contribution in [0, 0.1) is 0 Å². The summed E-state index contributed by atoms with van der Waals surface area (Å²) in [6.45, 7) is 0.856. The van der Waals surface area contributed by atoms with Gasteiger partial charge in [-0.1, -0.05) is 18.2 Å². The van der Waals surface area contributed by atoms with Crippen LogP contribution in [0.1, 0.15) is 24.8 Å². The van der Waals surface area contributed by atoms with Crippen molar-refractivity contribution in [2.75, 3.05) is 6.54 Å². The molecule has 0 radical (unpaired) electrons. The van der Waals surface area contributed by atoms with E-state index in [0.717, 1.165) is 24.9 Å². The zero-order valence-corrected chi connectivity index (χ0v) is 10.0. The van der Waals surface area contributed by atoms with Crippen LogP contribution in [0.15, 0.2) is 30.5 Å². The number of H-pyrrole nitrogens is 1. The van der Waals surface area contributed by atoms with Gasteiger partial charge >= 0.3 is 0 Å². The fraction of sp³-hybridized carbons (Fsp3) is 0.429. The molecule has 0 amide bonds. The van der Waals surface area contributed by atoms with Crippen LogP contribution in [0.2, 0.25) is 0 Å². The average molecular weight is 250 g/mol. The summed E-state index contributed by atoms with van der Waals surface area (Å²) in [4.78, 5) is 2.92. The third-order valence-corrected chi connectivity index (χ3v) is 3.65. The number of hydrogen-bond donors (Lipinski definition) is 2. The second-order valence-electron chi connectivity index (χ2n) is 4.95. The molecule has 2 heterocycles. The van der Waals surface area contributed by atoms with Crippen LogP contribution in [-0.2, 0) is 5.92 Å². The first-order chi connectivity index (χ1) is 8.67. The molecule has 0 saturated carbocycles. The molecule has 1 unspecified atom stereocenters. The second kappa shape index (κ2) is 4.35. The van der Waals surface area contributed by atoms with E-state index in [1.807, 2.05) is 12.1 Å². The number of halogens is 2. The van der Waals surface area contributed by atoms with E-state index < -0.39 is 5.92 Å². The zero-order chi connectivity index (χ0) is 12.6. The first-order valence-electron chi connectivity index (χ1n) is 6.34. The van der Waals surface area contributed by atoms with Crippen LogP contribution in [0.5, 0.6) is 0 Å². The maximum atomic E-state index is 14.3. The highest BCUT2D eigenvalue weighted by Gasteiger charge is 2.37. The molecular weight excluding hydrogens is 234 g/mol. The molecule has 1 aliphatic rings. The number of nitrogens with one attached hydrogen (secondary N) is 2. The Bertz CT molecular complexity index is 541. The molecular formula is C14H16F2N2. The van der Waals surface area contributed by atoms with E-state index in [9.17, 15) is 8.78 Å². The Labute approximate surface area is 104 Å². The number of fused-ring (bicyclic) bond motifs is 1. The molecule has 0 bridgehead atoms. The summed E-state index contributed by atoms with van der Waals surface area (Å²) in [6, 6.07) is 7.15. The Balaban J connectivity index is 1.91. The van der Waals surface area contributed by atoms with Crippen LogP contribution >= 0.6 is 0 Å². The van der Waals surface area contributed by atoms with Crippen molar-refractivity contribution in [3.8, 4) is 0 Å². The minimum absolute atomic E-state index is 0.0614. The van der Waals surface area contributed by atoms with Crippen molar-refractivity contribution in [1.82, 2.24) is 10.3 Å². The van der Waals surface area contributed by atoms with Gasteiger partial charge in [0.15, 0.2) is 0 Å². The summed E-state index contributed by atoms with van der Waals surface area (Å²) in [5, 5.41) is 3.76. The lowest BCUT2D eigenvalue weighted by molar-refractivity contribution is -0.0198. The van der Waals surface area contributed by atoms with Gasteiger partial charge < -0.3 is 10.3 Å². The summed E-state index contributed by atoms with van der Waals surface area (Å²) in [7, 11) is 0. The molecule has 1 aromatic carbocycles. The van der Waals surface area contributed by atoms with E-state index in [1.54, 1.807) is 12.1 Å². The number of hydrogen-bond acceptors (Lipinski definition) is 1. The SMILES string of the molecule is FC(F)(CC1CCCN1)c1c[nH]c2ccccc12. The van der Waals surface area contributed by atoms with Gasteiger partial charge in [0.1, 0.15) is 0 Å². The van der Waals surface area contributed by atoms with Crippen LogP contribution in [-0.4, -0.2) is 17.6 Å². The molecule has 1 fully saturated rings. The maximum Gasteiger partial charge on any atom is 0.276 e. The first-order valence-corrected chi connectivity index (χ1v) is 6.34. The third-order valence-electron chi connectivity index (χ3n) is 3.65. The van der Waals surface area contributed by atoms with E-state index in [4.69, 9.17) is 0 Å². The minimum Gasteiger partial charge on any atom is -0.361 e. The molecule has 96 valence electrons. The van der Waals surface area contributed by atoms with Gasteiger partial charge in [0.2, 0.25) is 0 Å². The average Bonchev–Trinajstić information content (AvgIpc) is 2.96. The molecule has 2 nitrogen and oxygen atoms in total. The van der Waals surface area contributed by atoms with Crippen LogP contribution in [0.4, 0.5) is 8.78 Å². The lowest BCUT2D eigenvalue weighted by Gasteiger charge is -2.20. The van der Waals surface area contributed by atoms with Crippen LogP contribution in [0.3, 0.4) is 0 Å². The molecule has 0 spiro atoms. The van der Waals surface area contributed by atoms with Crippen molar-refractivity contribution < 1.29 is 8.78 Å². The molecule has 4 heteroatoms. The Hall–Kier alpha value is -1.42. The van der Waals surface area contributed by atoms with Crippen LogP contribution in [0.25, 0.3) is 10.9 Å². The minimum atomic E-state index is -2.78. The Morgan fingerprint density at radius 2 is 2.11 bits per heavy atom. The topological polar surface area (TPSA) is 27.8 Å². The molecule has 2 N–H and O–H groups in total. The van der Waals surface area contributed by atoms with E-state index in [1.165, 1.54) is 6.20 Å². The Morgan fingerprint density at radius 3 is 2.89 bits per heavy atom. The lowest BCUT2D eigenvalue weighted by Crippen LogP contribution is -2.29. The summed E-state index contributed by atoms with van der Waals surface area (Å²) < 4.78 is 28.6. The number of aromatic amines is 1. The summed E-state index contributed by atoms with van der Waals surface area (Å²) in [6.07, 6.45) is 3.17. The molecule has 1 aliphatic heterocycles. The van der Waals surface area contributed by atoms with E-state index in [-0.39, 0.29) is 18.0 Å². The van der Waals surface area contributed by atoms with E-state index >= 15 is 0 Å². The van der Waals surface area contributed by atoms with Gasteiger partial charge in [-0.05, 0) is 25.5 Å². The fourth-order valence-electron chi connectivity index (χ4n) is 2.72. The van der Waals surface area contributed by atoms with Crippen molar-refractivity contribution >= 4 is 10.9 Å². The second-order valence-corrected chi connectivity index (χ2v) is 4.95. The Morgan fingerprint density at radius 1 is 1.28 bits per heavy atom. The van der Waals surface area contributed by atoms with Gasteiger partial charge in [-0.25, -0.2) is 8.78 Å². The number of para-hydroxylation sites is 1.